The van der Waals surface area contributed by atoms with E-state index in [9.17, 15) is 9.59 Å². The van der Waals surface area contributed by atoms with Gasteiger partial charge in [0.2, 0.25) is 0 Å². The molecule has 4 heteroatoms. The molecular weight excluding hydrogens is 264 g/mol. The van der Waals surface area contributed by atoms with Crippen molar-refractivity contribution >= 4 is 23.4 Å². The number of ketones is 1. The summed E-state index contributed by atoms with van der Waals surface area (Å²) in [5, 5.41) is 0.550. The molecule has 0 amide bonds. The Kier molecular flexibility index (Phi) is 2.93. The molecule has 2 unspecified atom stereocenters. The number of Topliss-reactive ketones (excluding diaryl/α,β-unsaturated/α-hetero) is 1. The Bertz CT molecular complexity index is 583. The van der Waals surface area contributed by atoms with E-state index >= 15 is 0 Å². The maximum Gasteiger partial charge on any atom is 0.319 e. The molecule has 0 aromatic heterocycles. The maximum absolute atomic E-state index is 12.7. The Hall–Kier alpha value is -1.35. The molecule has 0 heterocycles. The summed E-state index contributed by atoms with van der Waals surface area (Å²) in [5.74, 6) is -2.33. The smallest absolute Gasteiger partial charge is 0.319 e. The van der Waals surface area contributed by atoms with Crippen LogP contribution in [0.4, 0.5) is 0 Å². The normalized spacial score (nSPS) is 29.5. The molecule has 19 heavy (non-hydrogen) atoms. The molecule has 0 bridgehead atoms. The third-order valence-electron chi connectivity index (χ3n) is 3.64. The second-order valence-corrected chi connectivity index (χ2v) is 5.27. The van der Waals surface area contributed by atoms with Crippen LogP contribution < -0.4 is 0 Å². The molecule has 0 saturated heterocycles. The molecule has 0 spiro atoms. The molecule has 0 radical (unpaired) electrons. The lowest BCUT2D eigenvalue weighted by atomic mass is 9.78. The molecule has 1 aliphatic carbocycles. The highest BCUT2D eigenvalue weighted by atomic mass is 35.5. The van der Waals surface area contributed by atoms with Gasteiger partial charge in [0, 0.05) is 15.1 Å². The molecule has 3 nitrogen and oxygen atoms in total. The van der Waals surface area contributed by atoms with Crippen LogP contribution in [-0.4, -0.2) is 18.9 Å². The maximum atomic E-state index is 12.7. The second-order valence-electron chi connectivity index (χ2n) is 4.83. The molecule has 0 N–H and O–H groups in total. The minimum Gasteiger partial charge on any atom is -0.468 e. The van der Waals surface area contributed by atoms with Crippen LogP contribution in [0.1, 0.15) is 29.4 Å². The zero-order chi connectivity index (χ0) is 16.5. The molecule has 102 valence electrons. The van der Waals surface area contributed by atoms with Crippen molar-refractivity contribution in [3.05, 3.63) is 34.9 Å². The Morgan fingerprint density at radius 3 is 2.74 bits per heavy atom. The van der Waals surface area contributed by atoms with E-state index in [1.54, 1.807) is 24.3 Å². The van der Waals surface area contributed by atoms with Gasteiger partial charge in [-0.05, 0) is 37.0 Å². The Balaban J connectivity index is 2.36. The van der Waals surface area contributed by atoms with Gasteiger partial charge in [-0.3, -0.25) is 9.59 Å². The van der Waals surface area contributed by atoms with Crippen molar-refractivity contribution < 1.29 is 18.4 Å². The molecule has 2 atom stereocenters. The van der Waals surface area contributed by atoms with Crippen LogP contribution in [0.15, 0.2) is 24.3 Å². The number of carbonyl (C=O) groups is 2. The van der Waals surface area contributed by atoms with Gasteiger partial charge in [0.05, 0.1) is 7.11 Å². The Morgan fingerprint density at radius 1 is 1.53 bits per heavy atom. The number of hydrogen-bond acceptors (Lipinski definition) is 3. The number of rotatable bonds is 3. The van der Waals surface area contributed by atoms with Crippen molar-refractivity contribution in [1.29, 1.82) is 0 Å². The van der Waals surface area contributed by atoms with Gasteiger partial charge in [-0.2, -0.15) is 0 Å². The summed E-state index contributed by atoms with van der Waals surface area (Å²) in [6.07, 6.45) is 0.477. The fourth-order valence-electron chi connectivity index (χ4n) is 2.57. The second kappa shape index (κ2) is 5.33. The largest absolute Gasteiger partial charge is 0.468 e. The predicted molar refractivity (Wildman–Crippen MR) is 73.0 cm³/mol. The number of carbonyl (C=O) groups excluding carboxylic acids is 2. The van der Waals surface area contributed by atoms with Crippen molar-refractivity contribution in [2.24, 2.45) is 11.3 Å². The standard InChI is InChI=1S/C15H17ClO3/c1-10-7-8-15(13(10)17,14(18)19-2)9-11-3-5-12(16)6-4-11/h3-6,10H,7-9H2,1-2H3/i1D3. The summed E-state index contributed by atoms with van der Waals surface area (Å²) >= 11 is 5.83. The van der Waals surface area contributed by atoms with Crippen LogP contribution >= 0.6 is 11.6 Å². The quantitative estimate of drug-likeness (QED) is 0.632. The molecule has 1 aliphatic rings. The zero-order valence-corrected chi connectivity index (χ0v) is 11.4. The van der Waals surface area contributed by atoms with E-state index in [4.69, 9.17) is 20.5 Å². The topological polar surface area (TPSA) is 43.4 Å². The van der Waals surface area contributed by atoms with Gasteiger partial charge < -0.3 is 4.74 Å². The van der Waals surface area contributed by atoms with E-state index in [1.807, 2.05) is 0 Å². The molecule has 1 aromatic carbocycles. The summed E-state index contributed by atoms with van der Waals surface area (Å²) in [5.41, 5.74) is -0.670. The van der Waals surface area contributed by atoms with Gasteiger partial charge in [0.25, 0.3) is 0 Å². The zero-order valence-electron chi connectivity index (χ0n) is 13.6. The summed E-state index contributed by atoms with van der Waals surface area (Å²) in [7, 11) is 1.21. The van der Waals surface area contributed by atoms with E-state index in [1.165, 1.54) is 7.11 Å². The van der Waals surface area contributed by atoms with E-state index in [-0.39, 0.29) is 19.3 Å². The monoisotopic (exact) mass is 283 g/mol. The first-order valence-corrected chi connectivity index (χ1v) is 6.46. The van der Waals surface area contributed by atoms with Gasteiger partial charge >= 0.3 is 5.97 Å². The van der Waals surface area contributed by atoms with Gasteiger partial charge in [0.15, 0.2) is 5.78 Å². The van der Waals surface area contributed by atoms with E-state index < -0.39 is 29.9 Å². The van der Waals surface area contributed by atoms with Gasteiger partial charge in [-0.25, -0.2) is 0 Å². The van der Waals surface area contributed by atoms with E-state index in [2.05, 4.69) is 0 Å². The summed E-state index contributed by atoms with van der Waals surface area (Å²) in [4.78, 5) is 24.9. The lowest BCUT2D eigenvalue weighted by molar-refractivity contribution is -0.157. The molecular formula is C15H17ClO3. The predicted octanol–water partition coefficient (Wildman–Crippen LogP) is 3.04. The number of methoxy groups -OCH3 is 1. The average Bonchev–Trinajstić information content (AvgIpc) is 2.79. The Labute approximate surface area is 122 Å². The van der Waals surface area contributed by atoms with E-state index in [0.717, 1.165) is 5.56 Å². The van der Waals surface area contributed by atoms with Crippen molar-refractivity contribution in [3.63, 3.8) is 0 Å². The van der Waals surface area contributed by atoms with Crippen LogP contribution in [0.5, 0.6) is 0 Å². The highest BCUT2D eigenvalue weighted by Crippen LogP contribution is 2.42. The minimum absolute atomic E-state index is 0.127. The minimum atomic E-state index is -2.40. The first kappa shape index (κ1) is 10.4. The van der Waals surface area contributed by atoms with Gasteiger partial charge in [-0.15, -0.1) is 0 Å². The summed E-state index contributed by atoms with van der Waals surface area (Å²) in [6, 6.07) is 6.79. The summed E-state index contributed by atoms with van der Waals surface area (Å²) in [6.45, 7) is -2.40. The lowest BCUT2D eigenvalue weighted by Crippen LogP contribution is -2.39. The highest BCUT2D eigenvalue weighted by molar-refractivity contribution is 6.30. The SMILES string of the molecule is [2H]C([2H])([2H])C1CCC(Cc2ccc(Cl)cc2)(C(=O)OC)C1=O. The van der Waals surface area contributed by atoms with Gasteiger partial charge in [0.1, 0.15) is 5.41 Å². The first-order chi connectivity index (χ1) is 10.2. The van der Waals surface area contributed by atoms with Crippen molar-refractivity contribution in [2.75, 3.05) is 7.11 Å². The van der Waals surface area contributed by atoms with Crippen LogP contribution in [0, 0.1) is 11.3 Å². The van der Waals surface area contributed by atoms with Crippen LogP contribution in [0.25, 0.3) is 0 Å². The fourth-order valence-corrected chi connectivity index (χ4v) is 2.70. The molecule has 2 rings (SSSR count). The molecule has 1 aromatic rings. The number of esters is 1. The molecule has 0 aliphatic heterocycles. The number of ether oxygens (including phenoxy) is 1. The highest BCUT2D eigenvalue weighted by Gasteiger charge is 2.52. The third kappa shape index (κ3) is 2.52. The van der Waals surface area contributed by atoms with E-state index in [0.29, 0.717) is 5.02 Å². The van der Waals surface area contributed by atoms with Crippen molar-refractivity contribution in [2.45, 2.75) is 26.1 Å². The summed E-state index contributed by atoms with van der Waals surface area (Å²) < 4.78 is 27.3. The first-order valence-electron chi connectivity index (χ1n) is 7.58. The fraction of sp³-hybridized carbons (Fsp3) is 0.467. The lowest BCUT2D eigenvalue weighted by Gasteiger charge is -2.24. The average molecular weight is 284 g/mol. The van der Waals surface area contributed by atoms with Crippen LogP contribution in [0.2, 0.25) is 5.02 Å². The van der Waals surface area contributed by atoms with Crippen molar-refractivity contribution in [3.8, 4) is 0 Å². The third-order valence-corrected chi connectivity index (χ3v) is 3.90. The van der Waals surface area contributed by atoms with Crippen molar-refractivity contribution in [1.82, 2.24) is 0 Å². The van der Waals surface area contributed by atoms with Crippen LogP contribution in [0.3, 0.4) is 0 Å². The number of halogens is 1. The van der Waals surface area contributed by atoms with Crippen LogP contribution in [-0.2, 0) is 20.7 Å². The molecule has 1 saturated carbocycles. The number of benzene rings is 1. The number of hydrogen-bond donors (Lipinski definition) is 0. The Morgan fingerprint density at radius 2 is 2.21 bits per heavy atom. The van der Waals surface area contributed by atoms with Gasteiger partial charge in [-0.1, -0.05) is 30.6 Å². The molecule has 1 fully saturated rings.